The predicted molar refractivity (Wildman–Crippen MR) is 114 cm³/mol. The van der Waals surface area contributed by atoms with Gasteiger partial charge >= 0.3 is 0 Å². The van der Waals surface area contributed by atoms with Gasteiger partial charge < -0.3 is 4.90 Å². The zero-order valence-corrected chi connectivity index (χ0v) is 16.7. The molecule has 5 heteroatoms. The van der Waals surface area contributed by atoms with Crippen LogP contribution in [0.3, 0.4) is 0 Å². The number of piperazine rings is 1. The molecule has 146 valence electrons. The van der Waals surface area contributed by atoms with E-state index in [2.05, 4.69) is 53.1 Å². The second-order valence-corrected chi connectivity index (χ2v) is 8.19. The van der Waals surface area contributed by atoms with Gasteiger partial charge in [-0.05, 0) is 31.9 Å². The molecule has 1 aliphatic carbocycles. The monoisotopic (exact) mass is 375 g/mol. The van der Waals surface area contributed by atoms with Crippen LogP contribution in [0.5, 0.6) is 0 Å². The normalized spacial score (nSPS) is 19.4. The average molecular weight is 376 g/mol. The first-order chi connectivity index (χ1) is 13.8. The van der Waals surface area contributed by atoms with Crippen molar-refractivity contribution in [1.29, 1.82) is 0 Å². The zero-order valence-electron chi connectivity index (χ0n) is 16.7. The highest BCUT2D eigenvalue weighted by molar-refractivity contribution is 5.66. The van der Waals surface area contributed by atoms with Crippen LogP contribution < -0.4 is 4.90 Å². The maximum Gasteiger partial charge on any atom is 0.154 e. The Morgan fingerprint density at radius 1 is 0.857 bits per heavy atom. The summed E-state index contributed by atoms with van der Waals surface area (Å²) in [4.78, 5) is 9.96. The SMILES string of the molecule is Cc1c(-c2ccccc2)nc2ccc(N3CCN(C4CCCCC4)CC3)nn12. The van der Waals surface area contributed by atoms with Gasteiger partial charge in [-0.3, -0.25) is 4.90 Å². The lowest BCUT2D eigenvalue weighted by atomic mass is 9.94. The highest BCUT2D eigenvalue weighted by Crippen LogP contribution is 2.26. The van der Waals surface area contributed by atoms with Crippen molar-refractivity contribution < 1.29 is 0 Å². The predicted octanol–water partition coefficient (Wildman–Crippen LogP) is 4.16. The molecule has 3 heterocycles. The van der Waals surface area contributed by atoms with Gasteiger partial charge in [0.1, 0.15) is 5.82 Å². The topological polar surface area (TPSA) is 36.7 Å². The summed E-state index contributed by atoms with van der Waals surface area (Å²) in [6.45, 7) is 6.55. The molecule has 0 N–H and O–H groups in total. The Hall–Kier alpha value is -2.40. The Morgan fingerprint density at radius 2 is 1.61 bits per heavy atom. The molecule has 1 aliphatic heterocycles. The van der Waals surface area contributed by atoms with Crippen molar-refractivity contribution in [2.24, 2.45) is 0 Å². The number of aryl methyl sites for hydroxylation is 1. The van der Waals surface area contributed by atoms with Crippen molar-refractivity contribution >= 4 is 11.5 Å². The van der Waals surface area contributed by atoms with E-state index in [1.54, 1.807) is 0 Å². The number of hydrogen-bond donors (Lipinski definition) is 0. The van der Waals surface area contributed by atoms with Crippen molar-refractivity contribution in [2.45, 2.75) is 45.1 Å². The average Bonchev–Trinajstić information content (AvgIpc) is 3.11. The Bertz CT molecular complexity index is 934. The number of imidazole rings is 1. The van der Waals surface area contributed by atoms with Gasteiger partial charge in [0.25, 0.3) is 0 Å². The fourth-order valence-electron chi connectivity index (χ4n) is 4.83. The first-order valence-electron chi connectivity index (χ1n) is 10.7. The molecule has 0 bridgehead atoms. The zero-order chi connectivity index (χ0) is 18.9. The van der Waals surface area contributed by atoms with Gasteiger partial charge in [-0.15, -0.1) is 5.10 Å². The molecule has 1 saturated carbocycles. The van der Waals surface area contributed by atoms with Gasteiger partial charge in [-0.2, -0.15) is 0 Å². The molecule has 0 spiro atoms. The third kappa shape index (κ3) is 3.28. The molecule has 2 aromatic heterocycles. The van der Waals surface area contributed by atoms with Gasteiger partial charge in [0.05, 0.1) is 11.4 Å². The lowest BCUT2D eigenvalue weighted by Gasteiger charge is -2.41. The van der Waals surface area contributed by atoms with E-state index in [0.29, 0.717) is 0 Å². The first kappa shape index (κ1) is 17.7. The van der Waals surface area contributed by atoms with Crippen LogP contribution in [-0.2, 0) is 0 Å². The van der Waals surface area contributed by atoms with Crippen LogP contribution in [0.15, 0.2) is 42.5 Å². The molecule has 5 rings (SSSR count). The molecule has 0 radical (unpaired) electrons. The molecule has 1 aromatic carbocycles. The van der Waals surface area contributed by atoms with Gasteiger partial charge in [0.2, 0.25) is 0 Å². The smallest absolute Gasteiger partial charge is 0.154 e. The van der Waals surface area contributed by atoms with E-state index >= 15 is 0 Å². The number of nitrogens with zero attached hydrogens (tertiary/aromatic N) is 5. The maximum atomic E-state index is 4.94. The molecule has 28 heavy (non-hydrogen) atoms. The summed E-state index contributed by atoms with van der Waals surface area (Å²) >= 11 is 0. The van der Waals surface area contributed by atoms with Crippen molar-refractivity contribution in [2.75, 3.05) is 31.1 Å². The van der Waals surface area contributed by atoms with Gasteiger partial charge in [-0.1, -0.05) is 49.6 Å². The molecular weight excluding hydrogens is 346 g/mol. The summed E-state index contributed by atoms with van der Waals surface area (Å²) < 4.78 is 2.01. The van der Waals surface area contributed by atoms with Crippen LogP contribution in [0, 0.1) is 6.92 Å². The van der Waals surface area contributed by atoms with Gasteiger partial charge in [0.15, 0.2) is 5.65 Å². The Labute approximate surface area is 167 Å². The number of benzene rings is 1. The molecule has 3 aromatic rings. The molecule has 0 atom stereocenters. The van der Waals surface area contributed by atoms with E-state index in [4.69, 9.17) is 10.1 Å². The van der Waals surface area contributed by atoms with E-state index in [1.165, 1.54) is 32.1 Å². The van der Waals surface area contributed by atoms with Crippen molar-refractivity contribution in [1.82, 2.24) is 19.5 Å². The third-order valence-corrected chi connectivity index (χ3v) is 6.46. The van der Waals surface area contributed by atoms with Crippen LogP contribution in [0.4, 0.5) is 5.82 Å². The van der Waals surface area contributed by atoms with E-state index in [-0.39, 0.29) is 0 Å². The van der Waals surface area contributed by atoms with E-state index < -0.39 is 0 Å². The minimum absolute atomic E-state index is 0.815. The van der Waals surface area contributed by atoms with Crippen molar-refractivity contribution in [3.05, 3.63) is 48.2 Å². The van der Waals surface area contributed by atoms with Crippen LogP contribution in [0.1, 0.15) is 37.8 Å². The molecule has 1 saturated heterocycles. The molecule has 0 amide bonds. The standard InChI is InChI=1S/C23H29N5/c1-18-23(19-8-4-2-5-9-19)24-21-12-13-22(25-28(18)21)27-16-14-26(15-17-27)20-10-6-3-7-11-20/h2,4-5,8-9,12-13,20H,3,6-7,10-11,14-17H2,1H3. The van der Waals surface area contributed by atoms with Crippen LogP contribution in [-0.4, -0.2) is 51.7 Å². The summed E-state index contributed by atoms with van der Waals surface area (Å²) in [5, 5.41) is 4.94. The Kier molecular flexibility index (Phi) is 4.77. The molecule has 5 nitrogen and oxygen atoms in total. The van der Waals surface area contributed by atoms with Gasteiger partial charge in [0, 0.05) is 37.8 Å². The number of hydrogen-bond acceptors (Lipinski definition) is 4. The summed E-state index contributed by atoms with van der Waals surface area (Å²) in [6, 6.07) is 15.4. The second-order valence-electron chi connectivity index (χ2n) is 8.19. The molecule has 0 unspecified atom stereocenters. The van der Waals surface area contributed by atoms with E-state index in [9.17, 15) is 0 Å². The van der Waals surface area contributed by atoms with Crippen LogP contribution in [0.25, 0.3) is 16.9 Å². The second kappa shape index (κ2) is 7.55. The number of rotatable bonds is 3. The first-order valence-corrected chi connectivity index (χ1v) is 10.7. The number of anilines is 1. The summed E-state index contributed by atoms with van der Waals surface area (Å²) in [5.74, 6) is 1.07. The lowest BCUT2D eigenvalue weighted by Crippen LogP contribution is -2.51. The van der Waals surface area contributed by atoms with Crippen LogP contribution >= 0.6 is 0 Å². The fourth-order valence-corrected chi connectivity index (χ4v) is 4.83. The summed E-state index contributed by atoms with van der Waals surface area (Å²) in [6.07, 6.45) is 7.02. The third-order valence-electron chi connectivity index (χ3n) is 6.46. The highest BCUT2D eigenvalue weighted by atomic mass is 15.4. The van der Waals surface area contributed by atoms with Crippen molar-refractivity contribution in [3.8, 4) is 11.3 Å². The quantitative estimate of drug-likeness (QED) is 0.689. The Morgan fingerprint density at radius 3 is 2.36 bits per heavy atom. The molecule has 2 fully saturated rings. The molecular formula is C23H29N5. The minimum Gasteiger partial charge on any atom is -0.353 e. The Balaban J connectivity index is 1.35. The van der Waals surface area contributed by atoms with E-state index in [0.717, 1.165) is 60.6 Å². The van der Waals surface area contributed by atoms with Gasteiger partial charge in [-0.25, -0.2) is 9.50 Å². The van der Waals surface area contributed by atoms with E-state index in [1.807, 2.05) is 10.6 Å². The fraction of sp³-hybridized carbons (Fsp3) is 0.478. The lowest BCUT2D eigenvalue weighted by molar-refractivity contribution is 0.147. The molecule has 2 aliphatic rings. The van der Waals surface area contributed by atoms with Crippen LogP contribution in [0.2, 0.25) is 0 Å². The van der Waals surface area contributed by atoms with Crippen molar-refractivity contribution in [3.63, 3.8) is 0 Å². The summed E-state index contributed by atoms with van der Waals surface area (Å²) in [5.41, 5.74) is 4.19. The number of fused-ring (bicyclic) bond motifs is 1. The highest BCUT2D eigenvalue weighted by Gasteiger charge is 2.26. The number of aromatic nitrogens is 3. The largest absolute Gasteiger partial charge is 0.353 e. The summed E-state index contributed by atoms with van der Waals surface area (Å²) in [7, 11) is 0. The minimum atomic E-state index is 0.815. The maximum absolute atomic E-state index is 4.94.